The third kappa shape index (κ3) is 6.15. The number of carbonyl (C=O) groups excluding carboxylic acids is 1. The zero-order chi connectivity index (χ0) is 22.2. The van der Waals surface area contributed by atoms with Gasteiger partial charge in [0.2, 0.25) is 5.91 Å². The summed E-state index contributed by atoms with van der Waals surface area (Å²) in [6.45, 7) is 2.91. The summed E-state index contributed by atoms with van der Waals surface area (Å²) in [6.07, 6.45) is 13.8. The molecule has 1 spiro atoms. The van der Waals surface area contributed by atoms with Crippen LogP contribution in [0.4, 0.5) is 0 Å². The molecule has 1 N–H and O–H groups in total. The van der Waals surface area contributed by atoms with E-state index < -0.39 is 0 Å². The number of amides is 1. The number of ether oxygens (including phenoxy) is 1. The van der Waals surface area contributed by atoms with E-state index in [-0.39, 0.29) is 11.6 Å². The van der Waals surface area contributed by atoms with Crippen molar-refractivity contribution in [3.8, 4) is 5.75 Å². The smallest absolute Gasteiger partial charge is 0.230 e. The number of unbranched alkanes of at least 4 members (excludes halogenated alkanes) is 1. The topological polar surface area (TPSA) is 63.1 Å². The van der Waals surface area contributed by atoms with Gasteiger partial charge in [0.05, 0.1) is 18.1 Å². The average Bonchev–Trinajstić information content (AvgIpc) is 3.17. The Labute approximate surface area is 196 Å². The Morgan fingerprint density at radius 2 is 1.78 bits per heavy atom. The van der Waals surface area contributed by atoms with E-state index in [1.807, 2.05) is 12.1 Å². The van der Waals surface area contributed by atoms with Crippen molar-refractivity contribution in [1.82, 2.24) is 5.32 Å². The molecule has 1 aliphatic heterocycles. The maximum Gasteiger partial charge on any atom is 0.230 e. The summed E-state index contributed by atoms with van der Waals surface area (Å²) in [5.74, 6) is 1.42. The first kappa shape index (κ1) is 23.3. The molecule has 3 aliphatic rings. The molecule has 2 fully saturated rings. The average molecular weight is 456 g/mol. The second-order valence-corrected chi connectivity index (χ2v) is 10.3. The van der Waals surface area contributed by atoms with Crippen LogP contribution in [0, 0.1) is 0 Å². The van der Waals surface area contributed by atoms with E-state index in [2.05, 4.69) is 24.4 Å². The monoisotopic (exact) mass is 455 g/mol. The quantitative estimate of drug-likeness (QED) is 0.496. The highest BCUT2D eigenvalue weighted by Gasteiger charge is 2.38. The number of nitrogens with zero attached hydrogens (tertiary/aromatic N) is 2. The summed E-state index contributed by atoms with van der Waals surface area (Å²) in [6, 6.07) is 8.57. The van der Waals surface area contributed by atoms with Gasteiger partial charge in [-0.2, -0.15) is 0 Å². The Hall–Kier alpha value is -1.82. The number of nitrogens with one attached hydrogen (secondary N) is 1. The number of thioether (sulfide) groups is 1. The lowest BCUT2D eigenvalue weighted by Gasteiger charge is -2.27. The fraction of sp³-hybridized carbons (Fsp3) is 0.654. The molecule has 6 heteroatoms. The van der Waals surface area contributed by atoms with Crippen LogP contribution in [-0.4, -0.2) is 40.7 Å². The van der Waals surface area contributed by atoms with E-state index >= 15 is 0 Å². The minimum atomic E-state index is -0.313. The minimum Gasteiger partial charge on any atom is -0.494 e. The van der Waals surface area contributed by atoms with Crippen LogP contribution >= 0.6 is 11.8 Å². The lowest BCUT2D eigenvalue weighted by atomic mass is 9.90. The number of hydrogen-bond donors (Lipinski definition) is 1. The van der Waals surface area contributed by atoms with Crippen LogP contribution in [0.2, 0.25) is 0 Å². The van der Waals surface area contributed by atoms with Crippen LogP contribution in [0.1, 0.15) is 89.5 Å². The Morgan fingerprint density at radius 1 is 1.06 bits per heavy atom. The summed E-state index contributed by atoms with van der Waals surface area (Å²) < 4.78 is 5.82. The second-order valence-electron chi connectivity index (χ2n) is 9.34. The maximum absolute atomic E-state index is 12.6. The minimum absolute atomic E-state index is 0.119. The first-order chi connectivity index (χ1) is 15.7. The molecule has 2 aliphatic carbocycles. The summed E-state index contributed by atoms with van der Waals surface area (Å²) in [5, 5.41) is 4.15. The van der Waals surface area contributed by atoms with Gasteiger partial charge in [-0.3, -0.25) is 9.79 Å². The van der Waals surface area contributed by atoms with Crippen molar-refractivity contribution in [2.24, 2.45) is 9.98 Å². The SMILES string of the molecule is CCCCOc1ccc(C2=NC3(CCCCC3)N=C2SCC(=O)NC2CCCCC2)cc1. The molecule has 1 heterocycles. The van der Waals surface area contributed by atoms with Gasteiger partial charge in [0.15, 0.2) is 5.66 Å². The predicted octanol–water partition coefficient (Wildman–Crippen LogP) is 5.91. The molecule has 0 atom stereocenters. The molecule has 0 bridgehead atoms. The first-order valence-electron chi connectivity index (χ1n) is 12.5. The normalized spacial score (nSPS) is 20.7. The molecule has 2 saturated carbocycles. The van der Waals surface area contributed by atoms with Gasteiger partial charge in [0.1, 0.15) is 10.8 Å². The molecule has 4 rings (SSSR count). The number of hydrogen-bond acceptors (Lipinski definition) is 5. The van der Waals surface area contributed by atoms with Crippen molar-refractivity contribution < 1.29 is 9.53 Å². The van der Waals surface area contributed by atoms with Gasteiger partial charge in [-0.1, -0.05) is 50.8 Å². The molecule has 32 heavy (non-hydrogen) atoms. The van der Waals surface area contributed by atoms with E-state index in [4.69, 9.17) is 14.7 Å². The molecule has 0 aromatic heterocycles. The fourth-order valence-electron chi connectivity index (χ4n) is 4.85. The number of carbonyl (C=O) groups is 1. The third-order valence-electron chi connectivity index (χ3n) is 6.69. The summed E-state index contributed by atoms with van der Waals surface area (Å²) in [4.78, 5) is 22.9. The second kappa shape index (κ2) is 11.4. The Bertz CT molecular complexity index is 822. The number of rotatable bonds is 8. The van der Waals surface area contributed by atoms with Gasteiger partial charge in [-0.15, -0.1) is 0 Å². The van der Waals surface area contributed by atoms with Crippen LogP contribution in [0.25, 0.3) is 0 Å². The van der Waals surface area contributed by atoms with Crippen molar-refractivity contribution in [2.45, 2.75) is 95.7 Å². The van der Waals surface area contributed by atoms with Crippen LogP contribution < -0.4 is 10.1 Å². The van der Waals surface area contributed by atoms with Gasteiger partial charge in [0, 0.05) is 11.6 Å². The van der Waals surface area contributed by atoms with Crippen molar-refractivity contribution in [3.05, 3.63) is 29.8 Å². The maximum atomic E-state index is 12.6. The highest BCUT2D eigenvalue weighted by molar-refractivity contribution is 8.16. The molecular weight excluding hydrogens is 418 g/mol. The Balaban J connectivity index is 1.43. The molecule has 0 radical (unpaired) electrons. The predicted molar refractivity (Wildman–Crippen MR) is 134 cm³/mol. The lowest BCUT2D eigenvalue weighted by molar-refractivity contribution is -0.119. The van der Waals surface area contributed by atoms with E-state index in [0.717, 1.165) is 67.2 Å². The zero-order valence-electron chi connectivity index (χ0n) is 19.4. The Morgan fingerprint density at radius 3 is 2.50 bits per heavy atom. The molecule has 1 aromatic rings. The van der Waals surface area contributed by atoms with Crippen LogP contribution in [0.5, 0.6) is 5.75 Å². The third-order valence-corrected chi connectivity index (χ3v) is 7.66. The van der Waals surface area contributed by atoms with Crippen molar-refractivity contribution in [3.63, 3.8) is 0 Å². The standard InChI is InChI=1S/C26H37N3O2S/c1-2-3-18-31-22-14-12-20(13-15-22)24-25(29-26(28-24)16-8-5-9-17-26)32-19-23(30)27-21-10-6-4-7-11-21/h12-15,21H,2-11,16-19H2,1H3,(H,27,30). The zero-order valence-corrected chi connectivity index (χ0v) is 20.2. The van der Waals surface area contributed by atoms with Crippen LogP contribution in [-0.2, 0) is 4.79 Å². The van der Waals surface area contributed by atoms with Gasteiger partial charge in [-0.25, -0.2) is 4.99 Å². The van der Waals surface area contributed by atoms with Crippen molar-refractivity contribution in [2.75, 3.05) is 12.4 Å². The molecule has 5 nitrogen and oxygen atoms in total. The lowest BCUT2D eigenvalue weighted by Crippen LogP contribution is -2.37. The van der Waals surface area contributed by atoms with E-state index in [1.165, 1.54) is 38.5 Å². The number of benzene rings is 1. The fourth-order valence-corrected chi connectivity index (χ4v) is 5.73. The van der Waals surface area contributed by atoms with Gasteiger partial charge in [-0.05, 0) is 69.2 Å². The molecule has 1 aromatic carbocycles. The summed E-state index contributed by atoms with van der Waals surface area (Å²) >= 11 is 1.55. The van der Waals surface area contributed by atoms with Crippen LogP contribution in [0.15, 0.2) is 34.3 Å². The van der Waals surface area contributed by atoms with Gasteiger partial charge >= 0.3 is 0 Å². The first-order valence-corrected chi connectivity index (χ1v) is 13.5. The molecule has 1 amide bonds. The van der Waals surface area contributed by atoms with E-state index in [1.54, 1.807) is 11.8 Å². The van der Waals surface area contributed by atoms with Gasteiger partial charge < -0.3 is 10.1 Å². The molecular formula is C26H37N3O2S. The van der Waals surface area contributed by atoms with Crippen molar-refractivity contribution >= 4 is 28.4 Å². The Kier molecular flexibility index (Phi) is 8.28. The summed E-state index contributed by atoms with van der Waals surface area (Å²) in [7, 11) is 0. The largest absolute Gasteiger partial charge is 0.494 e. The molecule has 174 valence electrons. The highest BCUT2D eigenvalue weighted by atomic mass is 32.2. The summed E-state index contributed by atoms with van der Waals surface area (Å²) in [5.41, 5.74) is 1.70. The van der Waals surface area contributed by atoms with E-state index in [0.29, 0.717) is 11.8 Å². The van der Waals surface area contributed by atoms with Crippen molar-refractivity contribution in [1.29, 1.82) is 0 Å². The molecule has 0 saturated heterocycles. The van der Waals surface area contributed by atoms with E-state index in [9.17, 15) is 4.79 Å². The van der Waals surface area contributed by atoms with Gasteiger partial charge in [0.25, 0.3) is 0 Å². The molecule has 0 unspecified atom stereocenters. The highest BCUT2D eigenvalue weighted by Crippen LogP contribution is 2.38. The number of aliphatic imine (C=N–C) groups is 2. The van der Waals surface area contributed by atoms with Crippen LogP contribution in [0.3, 0.4) is 0 Å².